The van der Waals surface area contributed by atoms with E-state index < -0.39 is 12.2 Å². The van der Waals surface area contributed by atoms with Gasteiger partial charge in [0.2, 0.25) is 5.91 Å². The first-order valence-electron chi connectivity index (χ1n) is 11.1. The van der Waals surface area contributed by atoms with Crippen LogP contribution in [0.25, 0.3) is 0 Å². The number of amides is 1. The number of unbranched alkanes of at least 4 members (excludes halogenated alkanes) is 12. The maximum atomic E-state index is 12.2. The van der Waals surface area contributed by atoms with E-state index in [-0.39, 0.29) is 5.91 Å². The highest BCUT2D eigenvalue weighted by atomic mass is 16.3. The lowest BCUT2D eigenvalue weighted by molar-refractivity contribution is -0.134. The average molecular weight is 372 g/mol. The minimum Gasteiger partial charge on any atom is -0.392 e. The van der Waals surface area contributed by atoms with Crippen LogP contribution in [0, 0.1) is 0 Å². The first kappa shape index (κ1) is 25.4. The van der Waals surface area contributed by atoms with Crippen LogP contribution in [0.3, 0.4) is 0 Å². The van der Waals surface area contributed by atoms with Gasteiger partial charge in [-0.15, -0.1) is 0 Å². The van der Waals surface area contributed by atoms with Crippen LogP contribution < -0.4 is 0 Å². The van der Waals surface area contributed by atoms with Crippen molar-refractivity contribution in [1.82, 2.24) is 4.90 Å². The molecule has 0 aliphatic heterocycles. The van der Waals surface area contributed by atoms with Gasteiger partial charge in [-0.05, 0) is 20.3 Å². The van der Waals surface area contributed by atoms with Gasteiger partial charge >= 0.3 is 0 Å². The third kappa shape index (κ3) is 16.8. The molecule has 0 bridgehead atoms. The third-order valence-electron chi connectivity index (χ3n) is 4.82. The zero-order valence-electron chi connectivity index (χ0n) is 17.7. The average Bonchev–Trinajstić information content (AvgIpc) is 2.57. The molecule has 0 aromatic rings. The Hall–Kier alpha value is -0.610. The third-order valence-corrected chi connectivity index (χ3v) is 4.82. The molecule has 2 atom stereocenters. The molecular formula is C22H45NO3. The standard InChI is InChI=1S/C22H45NO3/c1-4-5-6-7-8-9-10-11-12-13-14-15-16-17-22(26)23(18-20(2)24)19-21(3)25/h20-21,24-25H,4-19H2,1-3H3. The van der Waals surface area contributed by atoms with Crippen LogP contribution in [0.5, 0.6) is 0 Å². The van der Waals surface area contributed by atoms with Crippen molar-refractivity contribution >= 4 is 5.91 Å². The molecule has 0 saturated heterocycles. The highest BCUT2D eigenvalue weighted by Gasteiger charge is 2.16. The maximum absolute atomic E-state index is 12.2. The molecule has 0 saturated carbocycles. The van der Waals surface area contributed by atoms with E-state index in [2.05, 4.69) is 6.92 Å². The summed E-state index contributed by atoms with van der Waals surface area (Å²) < 4.78 is 0. The fourth-order valence-electron chi connectivity index (χ4n) is 3.37. The number of hydrogen-bond acceptors (Lipinski definition) is 3. The molecule has 1 amide bonds. The van der Waals surface area contributed by atoms with Gasteiger partial charge in [-0.1, -0.05) is 84.0 Å². The molecular weight excluding hydrogens is 326 g/mol. The summed E-state index contributed by atoms with van der Waals surface area (Å²) in [5.74, 6) is 0.0508. The van der Waals surface area contributed by atoms with Gasteiger partial charge < -0.3 is 15.1 Å². The predicted molar refractivity (Wildman–Crippen MR) is 110 cm³/mol. The number of carbonyl (C=O) groups excluding carboxylic acids is 1. The predicted octanol–water partition coefficient (Wildman–Crippen LogP) is 5.06. The number of aliphatic hydroxyl groups excluding tert-OH is 2. The van der Waals surface area contributed by atoms with Gasteiger partial charge in [0, 0.05) is 19.5 Å². The summed E-state index contributed by atoms with van der Waals surface area (Å²) >= 11 is 0. The van der Waals surface area contributed by atoms with Crippen molar-refractivity contribution in [3.05, 3.63) is 0 Å². The first-order chi connectivity index (χ1) is 12.5. The summed E-state index contributed by atoms with van der Waals surface area (Å²) in [6, 6.07) is 0. The van der Waals surface area contributed by atoms with E-state index in [9.17, 15) is 15.0 Å². The van der Waals surface area contributed by atoms with Gasteiger partial charge in [-0.2, -0.15) is 0 Å². The van der Waals surface area contributed by atoms with Crippen LogP contribution in [0.1, 0.15) is 111 Å². The Morgan fingerprint density at radius 3 is 1.38 bits per heavy atom. The van der Waals surface area contributed by atoms with Crippen molar-refractivity contribution in [2.45, 2.75) is 123 Å². The van der Waals surface area contributed by atoms with Gasteiger partial charge in [0.05, 0.1) is 12.2 Å². The van der Waals surface area contributed by atoms with Crippen LogP contribution in [0.2, 0.25) is 0 Å². The van der Waals surface area contributed by atoms with E-state index in [1.165, 1.54) is 70.6 Å². The van der Waals surface area contributed by atoms with Gasteiger partial charge in [-0.25, -0.2) is 0 Å². The Morgan fingerprint density at radius 1 is 0.692 bits per heavy atom. The van der Waals surface area contributed by atoms with Crippen molar-refractivity contribution in [3.63, 3.8) is 0 Å². The van der Waals surface area contributed by atoms with Crippen LogP contribution in [0.15, 0.2) is 0 Å². The minimum absolute atomic E-state index is 0.0508. The minimum atomic E-state index is -0.552. The number of rotatable bonds is 18. The van der Waals surface area contributed by atoms with Crippen molar-refractivity contribution < 1.29 is 15.0 Å². The second-order valence-corrected chi connectivity index (χ2v) is 7.99. The molecule has 0 radical (unpaired) electrons. The van der Waals surface area contributed by atoms with Gasteiger partial charge in [-0.3, -0.25) is 4.79 Å². The van der Waals surface area contributed by atoms with Gasteiger partial charge in [0.1, 0.15) is 0 Å². The summed E-state index contributed by atoms with van der Waals surface area (Å²) in [5, 5.41) is 19.0. The Kier molecular flexibility index (Phi) is 17.4. The van der Waals surface area contributed by atoms with Crippen molar-refractivity contribution in [3.8, 4) is 0 Å². The molecule has 2 N–H and O–H groups in total. The van der Waals surface area contributed by atoms with Crippen molar-refractivity contribution in [1.29, 1.82) is 0 Å². The van der Waals surface area contributed by atoms with Gasteiger partial charge in [0.25, 0.3) is 0 Å². The Balaban J connectivity index is 3.53. The summed E-state index contributed by atoms with van der Waals surface area (Å²) in [5.41, 5.74) is 0. The lowest BCUT2D eigenvalue weighted by Crippen LogP contribution is -2.40. The van der Waals surface area contributed by atoms with Crippen molar-refractivity contribution in [2.24, 2.45) is 0 Å². The Bertz CT molecular complexity index is 309. The van der Waals surface area contributed by atoms with E-state index in [4.69, 9.17) is 0 Å². The monoisotopic (exact) mass is 371 g/mol. The van der Waals surface area contributed by atoms with E-state index in [0.717, 1.165) is 12.8 Å². The second-order valence-electron chi connectivity index (χ2n) is 7.99. The van der Waals surface area contributed by atoms with Crippen LogP contribution in [-0.4, -0.2) is 46.3 Å². The summed E-state index contributed by atoms with van der Waals surface area (Å²) in [6.07, 6.45) is 16.3. The lowest BCUT2D eigenvalue weighted by Gasteiger charge is -2.25. The topological polar surface area (TPSA) is 60.8 Å². The van der Waals surface area contributed by atoms with E-state index in [1.54, 1.807) is 18.7 Å². The zero-order valence-corrected chi connectivity index (χ0v) is 17.7. The molecule has 26 heavy (non-hydrogen) atoms. The fraction of sp³-hybridized carbons (Fsp3) is 0.955. The summed E-state index contributed by atoms with van der Waals surface area (Å²) in [7, 11) is 0. The summed E-state index contributed by atoms with van der Waals surface area (Å²) in [4.78, 5) is 13.8. The molecule has 0 aromatic carbocycles. The highest BCUT2D eigenvalue weighted by molar-refractivity contribution is 5.76. The normalized spacial score (nSPS) is 13.6. The number of hydrogen-bond donors (Lipinski definition) is 2. The molecule has 0 rings (SSSR count). The molecule has 4 heteroatoms. The largest absolute Gasteiger partial charge is 0.392 e. The molecule has 0 aromatic heterocycles. The fourth-order valence-corrected chi connectivity index (χ4v) is 3.37. The molecule has 0 fully saturated rings. The molecule has 2 unspecified atom stereocenters. The number of carbonyl (C=O) groups is 1. The summed E-state index contributed by atoms with van der Waals surface area (Å²) in [6.45, 7) is 6.22. The molecule has 0 aliphatic rings. The van der Waals surface area contributed by atoms with E-state index in [0.29, 0.717) is 19.5 Å². The number of aliphatic hydroxyl groups is 2. The van der Waals surface area contributed by atoms with Crippen LogP contribution >= 0.6 is 0 Å². The number of nitrogens with zero attached hydrogens (tertiary/aromatic N) is 1. The molecule has 4 nitrogen and oxygen atoms in total. The Labute approximate surface area is 162 Å². The van der Waals surface area contributed by atoms with E-state index >= 15 is 0 Å². The lowest BCUT2D eigenvalue weighted by atomic mass is 10.0. The Morgan fingerprint density at radius 2 is 1.04 bits per heavy atom. The van der Waals surface area contributed by atoms with Crippen LogP contribution in [0.4, 0.5) is 0 Å². The quantitative estimate of drug-likeness (QED) is 0.331. The van der Waals surface area contributed by atoms with Crippen molar-refractivity contribution in [2.75, 3.05) is 13.1 Å². The molecule has 0 heterocycles. The van der Waals surface area contributed by atoms with Crippen LogP contribution in [-0.2, 0) is 4.79 Å². The second kappa shape index (κ2) is 17.8. The molecule has 156 valence electrons. The maximum Gasteiger partial charge on any atom is 0.222 e. The van der Waals surface area contributed by atoms with E-state index in [1.807, 2.05) is 0 Å². The highest BCUT2D eigenvalue weighted by Crippen LogP contribution is 2.13. The molecule has 0 spiro atoms. The first-order valence-corrected chi connectivity index (χ1v) is 11.1. The van der Waals surface area contributed by atoms with Gasteiger partial charge in [0.15, 0.2) is 0 Å². The smallest absolute Gasteiger partial charge is 0.222 e. The zero-order chi connectivity index (χ0) is 19.6. The SMILES string of the molecule is CCCCCCCCCCCCCCCC(=O)N(CC(C)O)CC(C)O. The molecule has 0 aliphatic carbocycles.